The van der Waals surface area contributed by atoms with E-state index in [0.29, 0.717) is 46.9 Å². The van der Waals surface area contributed by atoms with Gasteiger partial charge in [-0.1, -0.05) is 56.1 Å². The first-order valence-corrected chi connectivity index (χ1v) is 13.2. The van der Waals surface area contributed by atoms with E-state index in [1.165, 1.54) is 12.2 Å². The van der Waals surface area contributed by atoms with E-state index < -0.39 is 5.41 Å². The number of methoxy groups -OCH3 is 2. The Kier molecular flexibility index (Phi) is 11.5. The lowest BCUT2D eigenvalue weighted by Crippen LogP contribution is -2.30. The van der Waals surface area contributed by atoms with Gasteiger partial charge in [0.05, 0.1) is 32.8 Å². The van der Waals surface area contributed by atoms with Gasteiger partial charge in [-0.25, -0.2) is 0 Å². The van der Waals surface area contributed by atoms with Crippen molar-refractivity contribution in [1.29, 1.82) is 0 Å². The first-order chi connectivity index (χ1) is 16.8. The summed E-state index contributed by atoms with van der Waals surface area (Å²) in [7, 11) is 3.12. The molecule has 0 saturated carbocycles. The van der Waals surface area contributed by atoms with Crippen LogP contribution < -0.4 is 18.9 Å². The minimum Gasteiger partial charge on any atom is -0.493 e. The van der Waals surface area contributed by atoms with Gasteiger partial charge in [0.15, 0.2) is 34.6 Å². The average molecular weight is 610 g/mol. The van der Waals surface area contributed by atoms with Crippen molar-refractivity contribution < 1.29 is 28.5 Å². The fraction of sp³-hybridized carbons (Fsp3) is 0.333. The Bertz CT molecular complexity index is 992. The summed E-state index contributed by atoms with van der Waals surface area (Å²) < 4.78 is 22.0. The zero-order valence-corrected chi connectivity index (χ0v) is 23.5. The van der Waals surface area contributed by atoms with Gasteiger partial charge in [0.25, 0.3) is 0 Å². The molecule has 0 saturated heterocycles. The fourth-order valence-corrected chi connectivity index (χ4v) is 3.32. The standard InChI is InChI=1S/C27H30Br2O6/c1-27(2,25(30)11-7-19-5-9-21(34-15-13-28)23(17-19)32-3)26(31)12-8-20-6-10-22(35-16-14-29)24(18-20)33-4/h5-12,17-18H,13-16H2,1-4H3/b11-7+,12-8+. The maximum Gasteiger partial charge on any atom is 0.169 e. The molecule has 0 fully saturated rings. The second-order valence-electron chi connectivity index (χ2n) is 7.92. The molecule has 0 aliphatic carbocycles. The van der Waals surface area contributed by atoms with Gasteiger partial charge in [0.2, 0.25) is 0 Å². The maximum atomic E-state index is 12.9. The maximum absolute atomic E-state index is 12.9. The summed E-state index contributed by atoms with van der Waals surface area (Å²) in [6.45, 7) is 4.25. The van der Waals surface area contributed by atoms with Crippen LogP contribution >= 0.6 is 31.9 Å². The van der Waals surface area contributed by atoms with Gasteiger partial charge in [-0.2, -0.15) is 0 Å². The number of ether oxygens (including phenoxy) is 4. The van der Waals surface area contributed by atoms with Gasteiger partial charge in [-0.3, -0.25) is 9.59 Å². The van der Waals surface area contributed by atoms with Gasteiger partial charge in [0.1, 0.15) is 0 Å². The first-order valence-electron chi connectivity index (χ1n) is 11.0. The van der Waals surface area contributed by atoms with E-state index in [4.69, 9.17) is 18.9 Å². The van der Waals surface area contributed by atoms with Crippen LogP contribution in [0.15, 0.2) is 48.6 Å². The van der Waals surface area contributed by atoms with Crippen LogP contribution in [0, 0.1) is 5.41 Å². The Morgan fingerprint density at radius 2 is 1.14 bits per heavy atom. The van der Waals surface area contributed by atoms with Crippen molar-refractivity contribution in [2.45, 2.75) is 13.8 Å². The number of rotatable bonds is 14. The Morgan fingerprint density at radius 1 is 0.743 bits per heavy atom. The highest BCUT2D eigenvalue weighted by atomic mass is 79.9. The molecule has 0 N–H and O–H groups in total. The van der Waals surface area contributed by atoms with Crippen LogP contribution in [0.25, 0.3) is 12.2 Å². The highest BCUT2D eigenvalue weighted by molar-refractivity contribution is 9.09. The van der Waals surface area contributed by atoms with Gasteiger partial charge in [-0.05, 0) is 61.4 Å². The normalized spacial score (nSPS) is 11.6. The number of carbonyl (C=O) groups excluding carboxylic acids is 2. The number of halogens is 2. The van der Waals surface area contributed by atoms with E-state index in [0.717, 1.165) is 11.1 Å². The number of benzene rings is 2. The average Bonchev–Trinajstić information content (AvgIpc) is 2.87. The Labute approximate surface area is 223 Å². The minimum absolute atomic E-state index is 0.304. The van der Waals surface area contributed by atoms with Crippen LogP contribution in [-0.2, 0) is 9.59 Å². The van der Waals surface area contributed by atoms with Crippen LogP contribution in [0.1, 0.15) is 25.0 Å². The molecule has 0 aromatic heterocycles. The molecule has 8 heteroatoms. The van der Waals surface area contributed by atoms with Crippen molar-refractivity contribution in [3.63, 3.8) is 0 Å². The predicted molar refractivity (Wildman–Crippen MR) is 146 cm³/mol. The lowest BCUT2D eigenvalue weighted by atomic mass is 9.82. The smallest absolute Gasteiger partial charge is 0.169 e. The molecule has 0 aliphatic heterocycles. The third-order valence-electron chi connectivity index (χ3n) is 5.13. The largest absolute Gasteiger partial charge is 0.493 e. The van der Waals surface area contributed by atoms with E-state index in [2.05, 4.69) is 31.9 Å². The molecule has 0 aliphatic rings. The molecule has 0 heterocycles. The second kappa shape index (κ2) is 14.1. The first kappa shape index (κ1) is 28.7. The van der Waals surface area contributed by atoms with Crippen molar-refractivity contribution in [2.24, 2.45) is 5.41 Å². The molecule has 2 aromatic rings. The van der Waals surface area contributed by atoms with Crippen LogP contribution in [0.2, 0.25) is 0 Å². The predicted octanol–water partition coefficient (Wildman–Crippen LogP) is 6.14. The molecule has 0 bridgehead atoms. The Balaban J connectivity index is 2.11. The number of carbonyl (C=O) groups is 2. The van der Waals surface area contributed by atoms with Gasteiger partial charge in [-0.15, -0.1) is 0 Å². The van der Waals surface area contributed by atoms with Crippen molar-refractivity contribution in [3.8, 4) is 23.0 Å². The third-order valence-corrected chi connectivity index (χ3v) is 5.78. The van der Waals surface area contributed by atoms with Gasteiger partial charge >= 0.3 is 0 Å². The summed E-state index contributed by atoms with van der Waals surface area (Å²) in [6.07, 6.45) is 6.15. The molecule has 0 atom stereocenters. The third kappa shape index (κ3) is 8.25. The lowest BCUT2D eigenvalue weighted by Gasteiger charge is -2.17. The van der Waals surface area contributed by atoms with Gasteiger partial charge in [0, 0.05) is 10.7 Å². The van der Waals surface area contributed by atoms with E-state index in [9.17, 15) is 9.59 Å². The second-order valence-corrected chi connectivity index (χ2v) is 9.50. The summed E-state index contributed by atoms with van der Waals surface area (Å²) in [5.74, 6) is 1.77. The molecule has 188 valence electrons. The highest BCUT2D eigenvalue weighted by Crippen LogP contribution is 2.30. The van der Waals surface area contributed by atoms with Crippen LogP contribution in [0.5, 0.6) is 23.0 Å². The SMILES string of the molecule is COc1cc(/C=C/C(=O)C(C)(C)C(=O)/C=C/c2ccc(OCCBr)c(OC)c2)ccc1OCCBr. The highest BCUT2D eigenvalue weighted by Gasteiger charge is 2.32. The molecule has 2 rings (SSSR count). The number of hydrogen-bond donors (Lipinski definition) is 0. The van der Waals surface area contributed by atoms with Crippen LogP contribution in [0.4, 0.5) is 0 Å². The van der Waals surface area contributed by atoms with Crippen molar-refractivity contribution in [2.75, 3.05) is 38.1 Å². The molecule has 0 radical (unpaired) electrons. The summed E-state index contributed by atoms with van der Waals surface area (Å²) in [4.78, 5) is 25.7. The fourth-order valence-electron chi connectivity index (χ4n) is 2.99. The topological polar surface area (TPSA) is 71.1 Å². The number of ketones is 2. The molecular formula is C27H30Br2O6. The molecule has 2 aromatic carbocycles. The quantitative estimate of drug-likeness (QED) is 0.145. The van der Waals surface area contributed by atoms with Crippen molar-refractivity contribution >= 4 is 55.6 Å². The van der Waals surface area contributed by atoms with Crippen LogP contribution in [0.3, 0.4) is 0 Å². The molecular weight excluding hydrogens is 580 g/mol. The monoisotopic (exact) mass is 608 g/mol. The molecule has 0 amide bonds. The number of alkyl halides is 2. The summed E-state index contributed by atoms with van der Waals surface area (Å²) in [5.41, 5.74) is 0.294. The summed E-state index contributed by atoms with van der Waals surface area (Å²) >= 11 is 6.64. The van der Waals surface area contributed by atoms with E-state index in [-0.39, 0.29) is 11.6 Å². The zero-order chi connectivity index (χ0) is 25.8. The zero-order valence-electron chi connectivity index (χ0n) is 20.3. The number of hydrogen-bond acceptors (Lipinski definition) is 6. The van der Waals surface area contributed by atoms with Crippen molar-refractivity contribution in [1.82, 2.24) is 0 Å². The summed E-state index contributed by atoms with van der Waals surface area (Å²) in [5, 5.41) is 1.41. The Hall–Kier alpha value is -2.58. The lowest BCUT2D eigenvalue weighted by molar-refractivity contribution is -0.132. The Morgan fingerprint density at radius 3 is 1.49 bits per heavy atom. The molecule has 35 heavy (non-hydrogen) atoms. The minimum atomic E-state index is -1.22. The van der Waals surface area contributed by atoms with E-state index in [1.807, 2.05) is 12.1 Å². The number of allylic oxidation sites excluding steroid dienone is 2. The van der Waals surface area contributed by atoms with E-state index in [1.54, 1.807) is 64.5 Å². The molecule has 6 nitrogen and oxygen atoms in total. The molecule has 0 spiro atoms. The van der Waals surface area contributed by atoms with Crippen molar-refractivity contribution in [3.05, 3.63) is 59.7 Å². The van der Waals surface area contributed by atoms with Crippen LogP contribution in [-0.4, -0.2) is 49.7 Å². The summed E-state index contributed by atoms with van der Waals surface area (Å²) in [6, 6.07) is 10.8. The van der Waals surface area contributed by atoms with E-state index >= 15 is 0 Å². The van der Waals surface area contributed by atoms with Gasteiger partial charge < -0.3 is 18.9 Å². The molecule has 0 unspecified atom stereocenters.